The van der Waals surface area contributed by atoms with Gasteiger partial charge in [-0.25, -0.2) is 4.98 Å². The van der Waals surface area contributed by atoms with Crippen molar-refractivity contribution in [2.24, 2.45) is 0 Å². The minimum Gasteiger partial charge on any atom is -0.497 e. The van der Waals surface area contributed by atoms with Crippen LogP contribution in [0.1, 0.15) is 17.5 Å². The van der Waals surface area contributed by atoms with Crippen LogP contribution < -0.4 is 10.1 Å². The molecule has 0 aliphatic carbocycles. The van der Waals surface area contributed by atoms with Crippen LogP contribution in [0.2, 0.25) is 0 Å². The SMILES string of the molecule is COc1ccc(CCC(=O)NCc2ccc3nc[nH]c3c2)cc1. The number of nitrogens with zero attached hydrogens (tertiary/aromatic N) is 1. The van der Waals surface area contributed by atoms with E-state index in [0.717, 1.165) is 34.3 Å². The largest absolute Gasteiger partial charge is 0.497 e. The molecule has 0 aliphatic heterocycles. The molecule has 5 nitrogen and oxygen atoms in total. The Morgan fingerprint density at radius 3 is 2.74 bits per heavy atom. The normalized spacial score (nSPS) is 10.7. The number of carbonyl (C=O) groups excluding carboxylic acids is 1. The quantitative estimate of drug-likeness (QED) is 0.736. The fourth-order valence-corrected chi connectivity index (χ4v) is 2.43. The number of hydrogen-bond donors (Lipinski definition) is 2. The fourth-order valence-electron chi connectivity index (χ4n) is 2.43. The first kappa shape index (κ1) is 15.1. The molecule has 0 radical (unpaired) electrons. The number of rotatable bonds is 6. The van der Waals surface area contributed by atoms with Gasteiger partial charge >= 0.3 is 0 Å². The Morgan fingerprint density at radius 2 is 1.96 bits per heavy atom. The number of nitrogens with one attached hydrogen (secondary N) is 2. The number of carbonyl (C=O) groups is 1. The lowest BCUT2D eigenvalue weighted by atomic mass is 10.1. The zero-order valence-electron chi connectivity index (χ0n) is 13.0. The van der Waals surface area contributed by atoms with Crippen molar-refractivity contribution in [1.82, 2.24) is 15.3 Å². The molecule has 2 N–H and O–H groups in total. The zero-order valence-corrected chi connectivity index (χ0v) is 13.0. The monoisotopic (exact) mass is 309 g/mol. The highest BCUT2D eigenvalue weighted by Crippen LogP contribution is 2.13. The van der Waals surface area contributed by atoms with Crippen molar-refractivity contribution >= 4 is 16.9 Å². The lowest BCUT2D eigenvalue weighted by Gasteiger charge is -2.06. The van der Waals surface area contributed by atoms with Crippen LogP contribution in [-0.2, 0) is 17.8 Å². The Balaban J connectivity index is 1.48. The number of ether oxygens (including phenoxy) is 1. The molecule has 1 amide bonds. The lowest BCUT2D eigenvalue weighted by molar-refractivity contribution is -0.121. The Bertz CT molecular complexity index is 793. The van der Waals surface area contributed by atoms with Gasteiger partial charge in [-0.2, -0.15) is 0 Å². The van der Waals surface area contributed by atoms with Gasteiger partial charge in [-0.3, -0.25) is 4.79 Å². The number of benzene rings is 2. The molecule has 3 rings (SSSR count). The van der Waals surface area contributed by atoms with Crippen molar-refractivity contribution in [3.8, 4) is 5.75 Å². The third kappa shape index (κ3) is 3.88. The number of amides is 1. The maximum absolute atomic E-state index is 12.0. The second-order valence-electron chi connectivity index (χ2n) is 5.38. The van der Waals surface area contributed by atoms with Gasteiger partial charge in [-0.05, 0) is 41.8 Å². The molecule has 2 aromatic carbocycles. The van der Waals surface area contributed by atoms with E-state index in [4.69, 9.17) is 4.74 Å². The molecule has 1 heterocycles. The predicted molar refractivity (Wildman–Crippen MR) is 89.3 cm³/mol. The van der Waals surface area contributed by atoms with Gasteiger partial charge in [0, 0.05) is 13.0 Å². The molecule has 0 atom stereocenters. The number of aryl methyl sites for hydroxylation is 1. The highest BCUT2D eigenvalue weighted by atomic mass is 16.5. The molecule has 0 spiro atoms. The number of H-pyrrole nitrogens is 1. The maximum atomic E-state index is 12.0. The van der Waals surface area contributed by atoms with E-state index in [1.165, 1.54) is 0 Å². The topological polar surface area (TPSA) is 67.0 Å². The van der Waals surface area contributed by atoms with Crippen LogP contribution in [0.25, 0.3) is 11.0 Å². The molecule has 0 bridgehead atoms. The third-order valence-electron chi connectivity index (χ3n) is 3.77. The Hall–Kier alpha value is -2.82. The van der Waals surface area contributed by atoms with Crippen molar-refractivity contribution in [3.05, 3.63) is 59.9 Å². The summed E-state index contributed by atoms with van der Waals surface area (Å²) in [4.78, 5) is 19.2. The van der Waals surface area contributed by atoms with Gasteiger partial charge in [-0.15, -0.1) is 0 Å². The summed E-state index contributed by atoms with van der Waals surface area (Å²) in [5.41, 5.74) is 4.09. The van der Waals surface area contributed by atoms with Crippen molar-refractivity contribution in [3.63, 3.8) is 0 Å². The van der Waals surface area contributed by atoms with E-state index < -0.39 is 0 Å². The summed E-state index contributed by atoms with van der Waals surface area (Å²) in [7, 11) is 1.64. The van der Waals surface area contributed by atoms with Crippen LogP contribution in [-0.4, -0.2) is 23.0 Å². The third-order valence-corrected chi connectivity index (χ3v) is 3.77. The van der Waals surface area contributed by atoms with E-state index >= 15 is 0 Å². The van der Waals surface area contributed by atoms with Crippen molar-refractivity contribution < 1.29 is 9.53 Å². The van der Waals surface area contributed by atoms with Gasteiger partial charge in [0.05, 0.1) is 24.5 Å². The Morgan fingerprint density at radius 1 is 1.17 bits per heavy atom. The van der Waals surface area contributed by atoms with E-state index in [-0.39, 0.29) is 5.91 Å². The van der Waals surface area contributed by atoms with E-state index in [1.807, 2.05) is 42.5 Å². The molecule has 23 heavy (non-hydrogen) atoms. The molecule has 118 valence electrons. The number of fused-ring (bicyclic) bond motifs is 1. The van der Waals surface area contributed by atoms with Crippen LogP contribution in [0.15, 0.2) is 48.8 Å². The van der Waals surface area contributed by atoms with Gasteiger partial charge in [0.15, 0.2) is 0 Å². The van der Waals surface area contributed by atoms with Gasteiger partial charge in [0.1, 0.15) is 5.75 Å². The van der Waals surface area contributed by atoms with E-state index in [2.05, 4.69) is 15.3 Å². The Kier molecular flexibility index (Phi) is 4.57. The van der Waals surface area contributed by atoms with Crippen LogP contribution in [0, 0.1) is 0 Å². The summed E-state index contributed by atoms with van der Waals surface area (Å²) in [5.74, 6) is 0.873. The second kappa shape index (κ2) is 6.96. The highest BCUT2D eigenvalue weighted by Gasteiger charge is 2.04. The number of methoxy groups -OCH3 is 1. The van der Waals surface area contributed by atoms with Crippen LogP contribution in [0.4, 0.5) is 0 Å². The van der Waals surface area contributed by atoms with Crippen molar-refractivity contribution in [2.75, 3.05) is 7.11 Å². The average Bonchev–Trinajstić information content (AvgIpc) is 3.06. The molecule has 0 saturated carbocycles. The summed E-state index contributed by atoms with van der Waals surface area (Å²) in [5, 5.41) is 2.95. The second-order valence-corrected chi connectivity index (χ2v) is 5.38. The van der Waals surface area contributed by atoms with Crippen molar-refractivity contribution in [2.45, 2.75) is 19.4 Å². The average molecular weight is 309 g/mol. The summed E-state index contributed by atoms with van der Waals surface area (Å²) in [6.07, 6.45) is 2.86. The molecule has 1 aromatic heterocycles. The summed E-state index contributed by atoms with van der Waals surface area (Å²) >= 11 is 0. The van der Waals surface area contributed by atoms with Gasteiger partial charge in [0.2, 0.25) is 5.91 Å². The van der Waals surface area contributed by atoms with Crippen LogP contribution in [0.3, 0.4) is 0 Å². The summed E-state index contributed by atoms with van der Waals surface area (Å²) < 4.78 is 5.12. The lowest BCUT2D eigenvalue weighted by Crippen LogP contribution is -2.22. The standard InChI is InChI=1S/C18H19N3O2/c1-23-15-6-2-13(3-7-15)5-9-18(22)19-11-14-4-8-16-17(10-14)21-12-20-16/h2-4,6-8,10,12H,5,9,11H2,1H3,(H,19,22)(H,20,21). The molecule has 0 saturated heterocycles. The van der Waals surface area contributed by atoms with Crippen molar-refractivity contribution in [1.29, 1.82) is 0 Å². The Labute approximate surface area is 134 Å². The molecule has 0 aliphatic rings. The van der Waals surface area contributed by atoms with Gasteiger partial charge < -0.3 is 15.0 Å². The molecular weight excluding hydrogens is 290 g/mol. The minimum atomic E-state index is 0.0468. The smallest absolute Gasteiger partial charge is 0.220 e. The number of aromatic amines is 1. The predicted octanol–water partition coefficient (Wildman–Crippen LogP) is 2.82. The first-order chi connectivity index (χ1) is 11.2. The van der Waals surface area contributed by atoms with E-state index in [1.54, 1.807) is 13.4 Å². The van der Waals surface area contributed by atoms with E-state index in [0.29, 0.717) is 13.0 Å². The fraction of sp³-hybridized carbons (Fsp3) is 0.222. The van der Waals surface area contributed by atoms with Crippen LogP contribution in [0.5, 0.6) is 5.75 Å². The molecule has 0 fully saturated rings. The number of aromatic nitrogens is 2. The zero-order chi connectivity index (χ0) is 16.1. The molecular formula is C18H19N3O2. The van der Waals surface area contributed by atoms with Gasteiger partial charge in [0.25, 0.3) is 0 Å². The molecule has 3 aromatic rings. The molecule has 5 heteroatoms. The first-order valence-electron chi connectivity index (χ1n) is 7.56. The van der Waals surface area contributed by atoms with E-state index in [9.17, 15) is 4.79 Å². The first-order valence-corrected chi connectivity index (χ1v) is 7.56. The molecule has 0 unspecified atom stereocenters. The number of hydrogen-bond acceptors (Lipinski definition) is 3. The summed E-state index contributed by atoms with van der Waals surface area (Å²) in [6.45, 7) is 0.524. The number of imidazole rings is 1. The minimum absolute atomic E-state index is 0.0468. The summed E-state index contributed by atoms with van der Waals surface area (Å²) in [6, 6.07) is 13.7. The van der Waals surface area contributed by atoms with Gasteiger partial charge in [-0.1, -0.05) is 18.2 Å². The highest BCUT2D eigenvalue weighted by molar-refractivity contribution is 5.77. The van der Waals surface area contributed by atoms with Crippen LogP contribution >= 0.6 is 0 Å². The maximum Gasteiger partial charge on any atom is 0.220 e.